The van der Waals surface area contributed by atoms with Crippen molar-refractivity contribution in [3.05, 3.63) is 35.0 Å². The first-order chi connectivity index (χ1) is 9.65. The first-order valence-corrected chi connectivity index (χ1v) is 6.78. The van der Waals surface area contributed by atoms with E-state index in [9.17, 15) is 4.79 Å². The van der Waals surface area contributed by atoms with Gasteiger partial charge in [-0.2, -0.15) is 0 Å². The van der Waals surface area contributed by atoms with Crippen LogP contribution in [0.5, 0.6) is 0 Å². The number of aromatic amines is 1. The van der Waals surface area contributed by atoms with Crippen LogP contribution in [0, 0.1) is 0 Å². The molecule has 1 aromatic carbocycles. The van der Waals surface area contributed by atoms with E-state index in [0.717, 1.165) is 16.5 Å². The van der Waals surface area contributed by atoms with Gasteiger partial charge in [0, 0.05) is 35.2 Å². The molecule has 0 fully saturated rings. The molecular weight excluding hydrogens is 280 g/mol. The molecule has 6 heteroatoms. The Balaban J connectivity index is 2.18. The fraction of sp³-hybridized carbons (Fsp3) is 0.357. The van der Waals surface area contributed by atoms with Gasteiger partial charge >= 0.3 is 0 Å². The number of nitrogens with zero attached hydrogens (tertiary/aromatic N) is 1. The largest absolute Gasteiger partial charge is 0.395 e. The van der Waals surface area contributed by atoms with E-state index in [4.69, 9.17) is 21.8 Å². The molecule has 0 unspecified atom stereocenters. The Bertz CT molecular complexity index is 591. The average Bonchev–Trinajstić information content (AvgIpc) is 2.81. The van der Waals surface area contributed by atoms with Gasteiger partial charge in [-0.25, -0.2) is 0 Å². The molecule has 0 aliphatic rings. The number of aromatic nitrogens is 1. The maximum atomic E-state index is 12.2. The van der Waals surface area contributed by atoms with Crippen molar-refractivity contribution >= 4 is 28.4 Å². The van der Waals surface area contributed by atoms with Crippen LogP contribution in [0.25, 0.3) is 10.9 Å². The Morgan fingerprint density at radius 2 is 1.95 bits per heavy atom. The van der Waals surface area contributed by atoms with Gasteiger partial charge in [-0.15, -0.1) is 0 Å². The van der Waals surface area contributed by atoms with Gasteiger partial charge in [0.1, 0.15) is 0 Å². The van der Waals surface area contributed by atoms with Crippen molar-refractivity contribution in [2.24, 2.45) is 0 Å². The van der Waals surface area contributed by atoms with Gasteiger partial charge in [0.05, 0.1) is 19.6 Å². The molecule has 0 aliphatic heterocycles. The van der Waals surface area contributed by atoms with Gasteiger partial charge in [0.25, 0.3) is 0 Å². The van der Waals surface area contributed by atoms with Crippen LogP contribution in [-0.2, 0) is 11.2 Å². The predicted octanol–water partition coefficient (Wildman–Crippen LogP) is 1.18. The van der Waals surface area contributed by atoms with Crippen LogP contribution >= 0.6 is 11.6 Å². The highest BCUT2D eigenvalue weighted by Crippen LogP contribution is 2.23. The summed E-state index contributed by atoms with van der Waals surface area (Å²) in [5.41, 5.74) is 1.78. The molecular formula is C14H17ClN2O3. The zero-order valence-corrected chi connectivity index (χ0v) is 11.7. The standard InChI is InChI=1S/C14H17ClN2O3/c15-11-1-2-13-12(8-11)10(9-16-13)7-14(20)17(3-5-18)4-6-19/h1-2,8-9,16,18-19H,3-7H2. The number of aliphatic hydroxyl groups is 2. The van der Waals surface area contributed by atoms with Crippen LogP contribution in [0.1, 0.15) is 5.56 Å². The third-order valence-electron chi connectivity index (χ3n) is 3.16. The van der Waals surface area contributed by atoms with Gasteiger partial charge in [-0.3, -0.25) is 4.79 Å². The molecule has 2 rings (SSSR count). The zero-order valence-electron chi connectivity index (χ0n) is 11.0. The Morgan fingerprint density at radius 3 is 2.60 bits per heavy atom. The van der Waals surface area contributed by atoms with E-state index < -0.39 is 0 Å². The lowest BCUT2D eigenvalue weighted by Crippen LogP contribution is -2.36. The number of rotatable bonds is 6. The Kier molecular flexibility index (Phi) is 5.00. The van der Waals surface area contributed by atoms with Crippen molar-refractivity contribution in [1.82, 2.24) is 9.88 Å². The highest BCUT2D eigenvalue weighted by molar-refractivity contribution is 6.31. The second-order valence-corrected chi connectivity index (χ2v) is 4.95. The summed E-state index contributed by atoms with van der Waals surface area (Å²) >= 11 is 5.97. The molecule has 20 heavy (non-hydrogen) atoms. The average molecular weight is 297 g/mol. The lowest BCUT2D eigenvalue weighted by atomic mass is 10.1. The van der Waals surface area contributed by atoms with Crippen molar-refractivity contribution in [1.29, 1.82) is 0 Å². The first-order valence-electron chi connectivity index (χ1n) is 6.40. The van der Waals surface area contributed by atoms with E-state index in [1.807, 2.05) is 12.1 Å². The minimum absolute atomic E-state index is 0.120. The maximum absolute atomic E-state index is 12.2. The second kappa shape index (κ2) is 6.74. The quantitative estimate of drug-likeness (QED) is 0.749. The highest BCUT2D eigenvalue weighted by Gasteiger charge is 2.15. The Hall–Kier alpha value is -1.56. The number of nitrogens with one attached hydrogen (secondary N) is 1. The minimum Gasteiger partial charge on any atom is -0.395 e. The Labute approximate surface area is 121 Å². The number of halogens is 1. The van der Waals surface area contributed by atoms with Gasteiger partial charge in [-0.05, 0) is 23.8 Å². The van der Waals surface area contributed by atoms with Crippen molar-refractivity contribution in [2.75, 3.05) is 26.3 Å². The molecule has 0 saturated carbocycles. The zero-order chi connectivity index (χ0) is 14.5. The number of benzene rings is 1. The van der Waals surface area contributed by atoms with Crippen molar-refractivity contribution in [2.45, 2.75) is 6.42 Å². The van der Waals surface area contributed by atoms with E-state index >= 15 is 0 Å². The van der Waals surface area contributed by atoms with Crippen LogP contribution in [0.4, 0.5) is 0 Å². The van der Waals surface area contributed by atoms with Gasteiger partial charge < -0.3 is 20.1 Å². The van der Waals surface area contributed by atoms with Gasteiger partial charge in [0.2, 0.25) is 5.91 Å². The second-order valence-electron chi connectivity index (χ2n) is 4.51. The molecule has 0 radical (unpaired) electrons. The number of amides is 1. The number of H-pyrrole nitrogens is 1. The van der Waals surface area contributed by atoms with Crippen LogP contribution in [0.3, 0.4) is 0 Å². The molecule has 1 amide bonds. The number of carbonyl (C=O) groups is 1. The SMILES string of the molecule is O=C(Cc1c[nH]c2ccc(Cl)cc12)N(CCO)CCO. The molecule has 0 saturated heterocycles. The topological polar surface area (TPSA) is 76.6 Å². The van der Waals surface area contributed by atoms with Crippen LogP contribution in [0.15, 0.2) is 24.4 Å². The van der Waals surface area contributed by atoms with Crippen molar-refractivity contribution < 1.29 is 15.0 Å². The van der Waals surface area contributed by atoms with Crippen molar-refractivity contribution in [3.8, 4) is 0 Å². The first kappa shape index (κ1) is 14.8. The lowest BCUT2D eigenvalue weighted by Gasteiger charge is -2.20. The number of hydrogen-bond donors (Lipinski definition) is 3. The summed E-state index contributed by atoms with van der Waals surface area (Å²) in [7, 11) is 0. The number of carbonyl (C=O) groups excluding carboxylic acids is 1. The van der Waals surface area contributed by atoms with Crippen LogP contribution in [0.2, 0.25) is 5.02 Å². The smallest absolute Gasteiger partial charge is 0.227 e. The number of fused-ring (bicyclic) bond motifs is 1. The molecule has 108 valence electrons. The van der Waals surface area contributed by atoms with E-state index in [1.165, 1.54) is 4.90 Å². The molecule has 0 spiro atoms. The van der Waals surface area contributed by atoms with Crippen molar-refractivity contribution in [3.63, 3.8) is 0 Å². The fourth-order valence-electron chi connectivity index (χ4n) is 2.17. The van der Waals surface area contributed by atoms with E-state index in [1.54, 1.807) is 12.3 Å². The summed E-state index contributed by atoms with van der Waals surface area (Å²) in [4.78, 5) is 16.7. The molecule has 1 aromatic heterocycles. The molecule has 2 aromatic rings. The van der Waals surface area contributed by atoms with Crippen LogP contribution < -0.4 is 0 Å². The molecule has 5 nitrogen and oxygen atoms in total. The summed E-state index contributed by atoms with van der Waals surface area (Å²) in [6, 6.07) is 5.47. The summed E-state index contributed by atoms with van der Waals surface area (Å²) in [6.45, 7) is 0.210. The number of hydrogen-bond acceptors (Lipinski definition) is 3. The highest BCUT2D eigenvalue weighted by atomic mass is 35.5. The molecule has 0 aliphatic carbocycles. The lowest BCUT2D eigenvalue weighted by molar-refractivity contribution is -0.131. The monoisotopic (exact) mass is 296 g/mol. The van der Waals surface area contributed by atoms with Gasteiger partial charge in [0.15, 0.2) is 0 Å². The predicted molar refractivity (Wildman–Crippen MR) is 77.8 cm³/mol. The molecule has 0 atom stereocenters. The third-order valence-corrected chi connectivity index (χ3v) is 3.40. The van der Waals surface area contributed by atoms with E-state index in [-0.39, 0.29) is 38.6 Å². The van der Waals surface area contributed by atoms with E-state index in [0.29, 0.717) is 5.02 Å². The third kappa shape index (κ3) is 3.30. The van der Waals surface area contributed by atoms with Crippen LogP contribution in [-0.4, -0.2) is 52.3 Å². The number of aliphatic hydroxyl groups excluding tert-OH is 2. The Morgan fingerprint density at radius 1 is 1.25 bits per heavy atom. The molecule has 3 N–H and O–H groups in total. The summed E-state index contributed by atoms with van der Waals surface area (Å²) in [5, 5.41) is 19.4. The molecule has 0 bridgehead atoms. The summed E-state index contributed by atoms with van der Waals surface area (Å²) in [6.07, 6.45) is 2.00. The van der Waals surface area contributed by atoms with E-state index in [2.05, 4.69) is 4.98 Å². The summed E-state index contributed by atoms with van der Waals surface area (Å²) < 4.78 is 0. The normalized spacial score (nSPS) is 10.9. The maximum Gasteiger partial charge on any atom is 0.227 e. The fourth-order valence-corrected chi connectivity index (χ4v) is 2.35. The van der Waals surface area contributed by atoms with Gasteiger partial charge in [-0.1, -0.05) is 11.6 Å². The minimum atomic E-state index is -0.131. The molecule has 1 heterocycles. The summed E-state index contributed by atoms with van der Waals surface area (Å²) in [5.74, 6) is -0.131.